The van der Waals surface area contributed by atoms with Crippen LogP contribution in [0.1, 0.15) is 30.0 Å². The summed E-state index contributed by atoms with van der Waals surface area (Å²) >= 11 is 6.03. The number of nitrogens with zero attached hydrogens (tertiary/aromatic N) is 3. The number of carbonyl (C=O) groups excluding carboxylic acids is 2. The van der Waals surface area contributed by atoms with Gasteiger partial charge in [-0.1, -0.05) is 11.6 Å². The lowest BCUT2D eigenvalue weighted by Gasteiger charge is -2.19. The third kappa shape index (κ3) is 5.08. The largest absolute Gasteiger partial charge is 0.495 e. The highest BCUT2D eigenvalue weighted by molar-refractivity contribution is 6.31. The van der Waals surface area contributed by atoms with E-state index in [0.29, 0.717) is 33.4 Å². The van der Waals surface area contributed by atoms with Crippen molar-refractivity contribution in [3.05, 3.63) is 52.8 Å². The number of hydrogen-bond donors (Lipinski definition) is 2. The first-order valence-corrected chi connectivity index (χ1v) is 10.2. The lowest BCUT2D eigenvalue weighted by atomic mass is 10.2. The molecule has 0 saturated heterocycles. The molecule has 2 aromatic carbocycles. The summed E-state index contributed by atoms with van der Waals surface area (Å²) in [7, 11) is 5.08. The Hall–Kier alpha value is -3.26. The molecule has 3 amide bonds. The SMILES string of the molecule is COc1ccc(Cl)cc1NC(=O)N(C)Cc1nc2cc(C(=O)NC(C)C)ccc2n1C. The van der Waals surface area contributed by atoms with Crippen molar-refractivity contribution < 1.29 is 14.3 Å². The molecule has 9 heteroatoms. The molecular formula is C22H26ClN5O3. The van der Waals surface area contributed by atoms with Crippen LogP contribution in [0, 0.1) is 0 Å². The van der Waals surface area contributed by atoms with Crippen LogP contribution in [0.25, 0.3) is 11.0 Å². The second kappa shape index (κ2) is 9.26. The molecule has 31 heavy (non-hydrogen) atoms. The van der Waals surface area contributed by atoms with Gasteiger partial charge in [0.05, 0.1) is 30.4 Å². The summed E-state index contributed by atoms with van der Waals surface area (Å²) in [4.78, 5) is 31.1. The van der Waals surface area contributed by atoms with Crippen LogP contribution in [0.5, 0.6) is 5.75 Å². The van der Waals surface area contributed by atoms with E-state index in [2.05, 4.69) is 15.6 Å². The number of halogens is 1. The van der Waals surface area contributed by atoms with E-state index in [9.17, 15) is 9.59 Å². The Morgan fingerprint density at radius 3 is 2.65 bits per heavy atom. The Morgan fingerprint density at radius 1 is 1.23 bits per heavy atom. The number of carbonyl (C=O) groups is 2. The van der Waals surface area contributed by atoms with E-state index >= 15 is 0 Å². The number of hydrogen-bond acceptors (Lipinski definition) is 4. The summed E-state index contributed by atoms with van der Waals surface area (Å²) in [5, 5.41) is 6.17. The fraction of sp³-hybridized carbons (Fsp3) is 0.318. The first kappa shape index (κ1) is 22.4. The van der Waals surface area contributed by atoms with Gasteiger partial charge >= 0.3 is 6.03 Å². The molecule has 0 radical (unpaired) electrons. The molecule has 8 nitrogen and oxygen atoms in total. The summed E-state index contributed by atoms with van der Waals surface area (Å²) in [6.07, 6.45) is 0. The number of amides is 3. The Morgan fingerprint density at radius 2 is 1.97 bits per heavy atom. The Bertz CT molecular complexity index is 1130. The number of nitrogens with one attached hydrogen (secondary N) is 2. The van der Waals surface area contributed by atoms with Crippen molar-refractivity contribution in [3.8, 4) is 5.75 Å². The van der Waals surface area contributed by atoms with Crippen molar-refractivity contribution in [2.45, 2.75) is 26.4 Å². The average Bonchev–Trinajstić information content (AvgIpc) is 3.02. The van der Waals surface area contributed by atoms with E-state index in [4.69, 9.17) is 16.3 Å². The molecule has 0 bridgehead atoms. The quantitative estimate of drug-likeness (QED) is 0.601. The summed E-state index contributed by atoms with van der Waals surface area (Å²) in [6, 6.07) is 10.1. The monoisotopic (exact) mass is 443 g/mol. The maximum Gasteiger partial charge on any atom is 0.322 e. The second-order valence-corrected chi connectivity index (χ2v) is 7.99. The minimum atomic E-state index is -0.329. The van der Waals surface area contributed by atoms with E-state index < -0.39 is 0 Å². The van der Waals surface area contributed by atoms with E-state index in [1.165, 1.54) is 12.0 Å². The standard InChI is InChI=1S/C22H26ClN5O3/c1-13(2)24-21(29)14-6-8-18-16(10-14)25-20(28(18)4)12-27(3)22(30)26-17-11-15(23)7-9-19(17)31-5/h6-11,13H,12H2,1-5H3,(H,24,29)(H,26,30). The highest BCUT2D eigenvalue weighted by Gasteiger charge is 2.17. The van der Waals surface area contributed by atoms with E-state index in [0.717, 1.165) is 5.52 Å². The van der Waals surface area contributed by atoms with Crippen LogP contribution in [-0.2, 0) is 13.6 Å². The van der Waals surface area contributed by atoms with Gasteiger partial charge in [-0.05, 0) is 50.2 Å². The van der Waals surface area contributed by atoms with Gasteiger partial charge in [0.2, 0.25) is 0 Å². The summed E-state index contributed by atoms with van der Waals surface area (Å²) in [6.45, 7) is 4.09. The minimum absolute atomic E-state index is 0.0489. The zero-order valence-corrected chi connectivity index (χ0v) is 18.9. The lowest BCUT2D eigenvalue weighted by molar-refractivity contribution is 0.0943. The number of rotatable bonds is 6. The molecular weight excluding hydrogens is 418 g/mol. The van der Waals surface area contributed by atoms with Crippen molar-refractivity contribution in [2.75, 3.05) is 19.5 Å². The number of fused-ring (bicyclic) bond motifs is 1. The van der Waals surface area contributed by atoms with Crippen molar-refractivity contribution in [1.29, 1.82) is 0 Å². The zero-order valence-electron chi connectivity index (χ0n) is 18.2. The number of anilines is 1. The molecule has 3 rings (SSSR count). The molecule has 3 aromatic rings. The van der Waals surface area contributed by atoms with Crippen LogP contribution in [0.15, 0.2) is 36.4 Å². The van der Waals surface area contributed by atoms with Crippen LogP contribution in [0.2, 0.25) is 5.02 Å². The number of aryl methyl sites for hydroxylation is 1. The molecule has 0 aliphatic rings. The first-order valence-electron chi connectivity index (χ1n) is 9.81. The van der Waals surface area contributed by atoms with Gasteiger partial charge in [0.25, 0.3) is 5.91 Å². The fourth-order valence-electron chi connectivity index (χ4n) is 3.15. The molecule has 0 atom stereocenters. The van der Waals surface area contributed by atoms with Crippen molar-refractivity contribution >= 4 is 40.3 Å². The third-order valence-electron chi connectivity index (χ3n) is 4.78. The Kier molecular flexibility index (Phi) is 6.70. The molecule has 1 heterocycles. The zero-order chi connectivity index (χ0) is 22.7. The number of aromatic nitrogens is 2. The highest BCUT2D eigenvalue weighted by atomic mass is 35.5. The molecule has 0 unspecified atom stereocenters. The maximum atomic E-state index is 12.7. The van der Waals surface area contributed by atoms with Gasteiger partial charge in [-0.3, -0.25) is 4.79 Å². The normalized spacial score (nSPS) is 10.9. The molecule has 0 aliphatic carbocycles. The fourth-order valence-corrected chi connectivity index (χ4v) is 3.32. The van der Waals surface area contributed by atoms with Gasteiger partial charge in [-0.15, -0.1) is 0 Å². The van der Waals surface area contributed by atoms with Crippen LogP contribution in [-0.4, -0.2) is 46.6 Å². The van der Waals surface area contributed by atoms with Crippen LogP contribution in [0.4, 0.5) is 10.5 Å². The van der Waals surface area contributed by atoms with Gasteiger partial charge < -0.3 is 24.8 Å². The summed E-state index contributed by atoms with van der Waals surface area (Å²) in [5.74, 6) is 1.06. The molecule has 2 N–H and O–H groups in total. The summed E-state index contributed by atoms with van der Waals surface area (Å²) in [5.41, 5.74) is 2.60. The molecule has 0 saturated carbocycles. The number of ether oxygens (including phenoxy) is 1. The number of benzene rings is 2. The predicted molar refractivity (Wildman–Crippen MR) is 122 cm³/mol. The third-order valence-corrected chi connectivity index (χ3v) is 5.02. The molecule has 0 aliphatic heterocycles. The van der Waals surface area contributed by atoms with Gasteiger partial charge in [-0.2, -0.15) is 0 Å². The maximum absolute atomic E-state index is 12.7. The highest BCUT2D eigenvalue weighted by Crippen LogP contribution is 2.28. The number of methoxy groups -OCH3 is 1. The Labute approximate surface area is 186 Å². The second-order valence-electron chi connectivity index (χ2n) is 7.55. The van der Waals surface area contributed by atoms with Crippen molar-refractivity contribution in [3.63, 3.8) is 0 Å². The summed E-state index contributed by atoms with van der Waals surface area (Å²) < 4.78 is 7.18. The van der Waals surface area contributed by atoms with Crippen LogP contribution in [0.3, 0.4) is 0 Å². The predicted octanol–water partition coefficient (Wildman–Crippen LogP) is 4.04. The molecule has 0 spiro atoms. The topological polar surface area (TPSA) is 88.5 Å². The number of urea groups is 1. The van der Waals surface area contributed by atoms with Gasteiger partial charge in [-0.25, -0.2) is 9.78 Å². The first-order chi connectivity index (χ1) is 14.7. The number of imidazole rings is 1. The lowest BCUT2D eigenvalue weighted by Crippen LogP contribution is -2.31. The van der Waals surface area contributed by atoms with E-state index in [-0.39, 0.29) is 24.5 Å². The van der Waals surface area contributed by atoms with Crippen molar-refractivity contribution in [2.24, 2.45) is 7.05 Å². The van der Waals surface area contributed by atoms with Gasteiger partial charge in [0.15, 0.2) is 0 Å². The van der Waals surface area contributed by atoms with Crippen LogP contribution >= 0.6 is 11.6 Å². The van der Waals surface area contributed by atoms with E-state index in [1.54, 1.807) is 37.4 Å². The van der Waals surface area contributed by atoms with Crippen molar-refractivity contribution in [1.82, 2.24) is 19.8 Å². The minimum Gasteiger partial charge on any atom is -0.495 e. The average molecular weight is 444 g/mol. The van der Waals surface area contributed by atoms with E-state index in [1.807, 2.05) is 31.5 Å². The smallest absolute Gasteiger partial charge is 0.322 e. The molecule has 1 aromatic heterocycles. The van der Waals surface area contributed by atoms with Gasteiger partial charge in [0.1, 0.15) is 11.6 Å². The molecule has 0 fully saturated rings. The molecule has 164 valence electrons. The van der Waals surface area contributed by atoms with Gasteiger partial charge in [0, 0.05) is 30.7 Å². The Balaban J connectivity index is 1.77. The van der Waals surface area contributed by atoms with Crippen LogP contribution < -0.4 is 15.4 Å².